The van der Waals surface area contributed by atoms with Gasteiger partial charge in [0.15, 0.2) is 0 Å². The zero-order chi connectivity index (χ0) is 28.7. The van der Waals surface area contributed by atoms with Crippen LogP contribution < -0.4 is 16.0 Å². The third-order valence-electron chi connectivity index (χ3n) is 7.70. The SMILES string of the molecule is CN[C@H](C)C(=O)N[C@H](C(=O)N1CC[C@@H]2[C@H]1[C@@H](C(=O)Nc1ccc3ccccc3n1)CN2S(C)(=O)=O)C(C)(C)C. The van der Waals surface area contributed by atoms with Crippen molar-refractivity contribution in [3.8, 4) is 0 Å². The lowest BCUT2D eigenvalue weighted by molar-refractivity contribution is -0.141. The van der Waals surface area contributed by atoms with E-state index in [2.05, 4.69) is 20.9 Å². The van der Waals surface area contributed by atoms with Gasteiger partial charge in [-0.25, -0.2) is 13.4 Å². The molecule has 12 heteroatoms. The first-order valence-corrected chi connectivity index (χ1v) is 15.0. The number of likely N-dealkylation sites (N-methyl/N-ethyl adjacent to an activating group) is 1. The second kappa shape index (κ2) is 10.8. The van der Waals surface area contributed by atoms with Gasteiger partial charge in [-0.2, -0.15) is 4.31 Å². The summed E-state index contributed by atoms with van der Waals surface area (Å²) in [6.07, 6.45) is 1.52. The molecule has 11 nitrogen and oxygen atoms in total. The molecule has 2 aromatic rings. The standard InChI is InChI=1S/C27H38N6O5S/c1-16(28-5)24(34)31-23(27(2,3)4)26(36)32-14-13-20-22(32)18(15-33(20)39(6,37)38)25(35)30-21-12-11-17-9-7-8-10-19(17)29-21/h7-12,16,18,20,22-23,28H,13-15H2,1-6H3,(H,31,34)(H,29,30,35)/t16-,18+,20-,22-,23-/m1/s1. The minimum absolute atomic E-state index is 0.0410. The molecule has 2 aliphatic heterocycles. The van der Waals surface area contributed by atoms with Crippen molar-refractivity contribution >= 4 is 44.5 Å². The van der Waals surface area contributed by atoms with E-state index in [1.165, 1.54) is 4.31 Å². The van der Waals surface area contributed by atoms with Crippen molar-refractivity contribution in [1.29, 1.82) is 0 Å². The maximum atomic E-state index is 14.0. The molecule has 39 heavy (non-hydrogen) atoms. The van der Waals surface area contributed by atoms with E-state index >= 15 is 0 Å². The minimum Gasteiger partial charge on any atom is -0.342 e. The van der Waals surface area contributed by atoms with Gasteiger partial charge in [0.05, 0.1) is 29.8 Å². The lowest BCUT2D eigenvalue weighted by Gasteiger charge is -2.37. The predicted molar refractivity (Wildman–Crippen MR) is 149 cm³/mol. The number of amides is 3. The van der Waals surface area contributed by atoms with Crippen molar-refractivity contribution in [2.24, 2.45) is 11.3 Å². The molecular weight excluding hydrogens is 520 g/mol. The summed E-state index contributed by atoms with van der Waals surface area (Å²) in [7, 11) is -1.97. The normalized spacial score (nSPS) is 23.3. The number of anilines is 1. The Morgan fingerprint density at radius 2 is 1.79 bits per heavy atom. The van der Waals surface area contributed by atoms with Crippen molar-refractivity contribution in [3.63, 3.8) is 0 Å². The van der Waals surface area contributed by atoms with Gasteiger partial charge < -0.3 is 20.9 Å². The van der Waals surface area contributed by atoms with Gasteiger partial charge in [-0.05, 0) is 44.0 Å². The van der Waals surface area contributed by atoms with Crippen molar-refractivity contribution in [1.82, 2.24) is 24.8 Å². The van der Waals surface area contributed by atoms with Gasteiger partial charge in [0.2, 0.25) is 27.7 Å². The van der Waals surface area contributed by atoms with Crippen LogP contribution in [0.5, 0.6) is 0 Å². The molecule has 3 amide bonds. The van der Waals surface area contributed by atoms with Crippen LogP contribution in [0.3, 0.4) is 0 Å². The van der Waals surface area contributed by atoms with Crippen molar-refractivity contribution in [3.05, 3.63) is 36.4 Å². The van der Waals surface area contributed by atoms with E-state index in [0.717, 1.165) is 17.2 Å². The molecule has 0 bridgehead atoms. The molecule has 1 aromatic heterocycles. The van der Waals surface area contributed by atoms with Crippen LogP contribution in [0.25, 0.3) is 10.9 Å². The van der Waals surface area contributed by atoms with Gasteiger partial charge in [-0.1, -0.05) is 39.0 Å². The topological polar surface area (TPSA) is 141 Å². The van der Waals surface area contributed by atoms with Crippen molar-refractivity contribution in [2.75, 3.05) is 31.7 Å². The van der Waals surface area contributed by atoms with E-state index in [-0.39, 0.29) is 24.9 Å². The molecule has 0 aliphatic carbocycles. The molecule has 212 valence electrons. The number of likely N-dealkylation sites (tertiary alicyclic amines) is 1. The Hall–Kier alpha value is -3.09. The maximum Gasteiger partial charge on any atom is 0.246 e. The molecule has 4 rings (SSSR count). The van der Waals surface area contributed by atoms with E-state index in [1.807, 2.05) is 51.1 Å². The van der Waals surface area contributed by atoms with Gasteiger partial charge in [-0.3, -0.25) is 14.4 Å². The highest BCUT2D eigenvalue weighted by Crippen LogP contribution is 2.39. The number of para-hydroxylation sites is 1. The number of hydrogen-bond acceptors (Lipinski definition) is 7. The Bertz CT molecular complexity index is 1370. The van der Waals surface area contributed by atoms with Crippen LogP contribution in [0.2, 0.25) is 0 Å². The molecule has 0 saturated carbocycles. The monoisotopic (exact) mass is 558 g/mol. The summed E-state index contributed by atoms with van der Waals surface area (Å²) in [5.74, 6) is -1.51. The largest absolute Gasteiger partial charge is 0.342 e. The molecule has 3 heterocycles. The predicted octanol–water partition coefficient (Wildman–Crippen LogP) is 1.17. The second-order valence-electron chi connectivity index (χ2n) is 11.5. The van der Waals surface area contributed by atoms with Gasteiger partial charge >= 0.3 is 0 Å². The lowest BCUT2D eigenvalue weighted by Crippen LogP contribution is -2.59. The summed E-state index contributed by atoms with van der Waals surface area (Å²) in [5, 5.41) is 9.52. The number of aromatic nitrogens is 1. The molecule has 5 atom stereocenters. The van der Waals surface area contributed by atoms with E-state index in [9.17, 15) is 22.8 Å². The molecule has 0 radical (unpaired) electrons. The Morgan fingerprint density at radius 1 is 1.10 bits per heavy atom. The van der Waals surface area contributed by atoms with Gasteiger partial charge in [0, 0.05) is 24.5 Å². The molecule has 1 aromatic carbocycles. The number of hydrogen-bond donors (Lipinski definition) is 3. The number of nitrogens with one attached hydrogen (secondary N) is 3. The fraction of sp³-hybridized carbons (Fsp3) is 0.556. The van der Waals surface area contributed by atoms with Crippen LogP contribution in [0.1, 0.15) is 34.1 Å². The van der Waals surface area contributed by atoms with Gasteiger partial charge in [-0.15, -0.1) is 0 Å². The molecule has 2 saturated heterocycles. The first-order chi connectivity index (χ1) is 18.2. The fourth-order valence-corrected chi connectivity index (χ4v) is 6.63. The average molecular weight is 559 g/mol. The number of rotatable bonds is 7. The van der Waals surface area contributed by atoms with Crippen LogP contribution in [-0.2, 0) is 24.4 Å². The fourth-order valence-electron chi connectivity index (χ4n) is 5.48. The third kappa shape index (κ3) is 5.92. The smallest absolute Gasteiger partial charge is 0.246 e. The Balaban J connectivity index is 1.63. The van der Waals surface area contributed by atoms with Gasteiger partial charge in [0.1, 0.15) is 11.9 Å². The molecule has 2 aliphatic rings. The molecular formula is C27H38N6O5S. The third-order valence-corrected chi connectivity index (χ3v) is 8.97. The Morgan fingerprint density at radius 3 is 2.44 bits per heavy atom. The average Bonchev–Trinajstić information content (AvgIpc) is 3.46. The Labute approximate surface area is 229 Å². The number of nitrogens with zero attached hydrogens (tertiary/aromatic N) is 3. The first kappa shape index (κ1) is 28.9. The van der Waals surface area contributed by atoms with Crippen LogP contribution in [0.15, 0.2) is 36.4 Å². The summed E-state index contributed by atoms with van der Waals surface area (Å²) in [5.41, 5.74) is 0.0924. The minimum atomic E-state index is -3.63. The van der Waals surface area contributed by atoms with E-state index in [1.54, 1.807) is 24.9 Å². The van der Waals surface area contributed by atoms with Crippen LogP contribution in [0.4, 0.5) is 5.82 Å². The number of pyridine rings is 1. The number of fused-ring (bicyclic) bond motifs is 2. The number of sulfonamides is 1. The summed E-state index contributed by atoms with van der Waals surface area (Å²) in [6, 6.07) is 8.51. The van der Waals surface area contributed by atoms with Crippen molar-refractivity contribution in [2.45, 2.75) is 58.3 Å². The molecule has 3 N–H and O–H groups in total. The highest BCUT2D eigenvalue weighted by molar-refractivity contribution is 7.88. The summed E-state index contributed by atoms with van der Waals surface area (Å²) in [6.45, 7) is 7.53. The Kier molecular flexibility index (Phi) is 8.02. The quantitative estimate of drug-likeness (QED) is 0.463. The summed E-state index contributed by atoms with van der Waals surface area (Å²) < 4.78 is 26.7. The number of carbonyl (C=O) groups excluding carboxylic acids is 3. The second-order valence-corrected chi connectivity index (χ2v) is 13.4. The van der Waals surface area contributed by atoms with Crippen LogP contribution in [-0.4, -0.2) is 90.9 Å². The number of benzene rings is 1. The maximum absolute atomic E-state index is 14.0. The number of carbonyl (C=O) groups is 3. The highest BCUT2D eigenvalue weighted by Gasteiger charge is 2.56. The molecule has 2 fully saturated rings. The van der Waals surface area contributed by atoms with E-state index in [0.29, 0.717) is 12.2 Å². The zero-order valence-electron chi connectivity index (χ0n) is 23.3. The van der Waals surface area contributed by atoms with Crippen LogP contribution >= 0.6 is 0 Å². The lowest BCUT2D eigenvalue weighted by atomic mass is 9.85. The van der Waals surface area contributed by atoms with Crippen LogP contribution in [0, 0.1) is 11.3 Å². The molecule has 0 unspecified atom stereocenters. The first-order valence-electron chi connectivity index (χ1n) is 13.1. The zero-order valence-corrected chi connectivity index (χ0v) is 24.1. The van der Waals surface area contributed by atoms with E-state index in [4.69, 9.17) is 0 Å². The summed E-state index contributed by atoms with van der Waals surface area (Å²) in [4.78, 5) is 46.4. The van der Waals surface area contributed by atoms with Gasteiger partial charge in [0.25, 0.3) is 0 Å². The summed E-state index contributed by atoms with van der Waals surface area (Å²) >= 11 is 0. The molecule has 0 spiro atoms. The van der Waals surface area contributed by atoms with Crippen molar-refractivity contribution < 1.29 is 22.8 Å². The van der Waals surface area contributed by atoms with E-state index < -0.39 is 51.4 Å². The highest BCUT2D eigenvalue weighted by atomic mass is 32.2.